The highest BCUT2D eigenvalue weighted by atomic mass is 31.2. The van der Waals surface area contributed by atoms with E-state index in [1.165, 1.54) is 193 Å². The molecule has 0 aliphatic rings. The summed E-state index contributed by atoms with van der Waals surface area (Å²) in [4.78, 5) is 31.3. The summed E-state index contributed by atoms with van der Waals surface area (Å²) in [5, 5.41) is 17.3. The summed E-state index contributed by atoms with van der Waals surface area (Å²) >= 11 is 0. The lowest BCUT2D eigenvalue weighted by atomic mass is 10.0. The summed E-state index contributed by atoms with van der Waals surface area (Å²) in [6.45, 7) is 5.32. The van der Waals surface area contributed by atoms with Gasteiger partial charge in [-0.05, 0) is 12.8 Å². The van der Waals surface area contributed by atoms with Crippen molar-refractivity contribution < 1.29 is 34.1 Å². The van der Waals surface area contributed by atoms with Crippen LogP contribution in [0.5, 0.6) is 0 Å². The number of hydrogen-bond donors (Lipinski definition) is 6. The van der Waals surface area contributed by atoms with Crippen LogP contribution in [0.25, 0.3) is 0 Å². The maximum absolute atomic E-state index is 8.67. The van der Waals surface area contributed by atoms with E-state index in [0.717, 1.165) is 12.8 Å². The minimum absolute atomic E-state index is 0.373. The molecule has 0 bridgehead atoms. The van der Waals surface area contributed by atoms with Gasteiger partial charge in [-0.2, -0.15) is 0 Å². The van der Waals surface area contributed by atoms with Crippen LogP contribution in [0.3, 0.4) is 0 Å². The molecule has 0 fully saturated rings. The van der Waals surface area contributed by atoms with Crippen LogP contribution < -0.4 is 0 Å². The van der Waals surface area contributed by atoms with Crippen LogP contribution in [0.4, 0.5) is 0 Å². The molecule has 276 valence electrons. The molecule has 9 heteroatoms. The van der Waals surface area contributed by atoms with Gasteiger partial charge in [-0.15, -0.1) is 0 Å². The Morgan fingerprint density at radius 1 is 0.289 bits per heavy atom. The SMILES string of the molecule is CCCCCCCCCCCCCCCCCCO.CCCCCCCCCCCCCCCCCCO.OP(O)OP(O)O. The predicted octanol–water partition coefficient (Wildman–Crippen LogP) is 11.9. The van der Waals surface area contributed by atoms with Gasteiger partial charge in [-0.1, -0.05) is 206 Å². The first-order valence-electron chi connectivity index (χ1n) is 19.2. The standard InChI is InChI=1S/2C18H38O.H4O5P2/c2*1-2-3-4-5-6-7-8-9-10-11-12-13-14-15-16-17-18-19;1-6(2)5-7(3)4/h2*19H,2-18H2,1H3;1-4H. The summed E-state index contributed by atoms with van der Waals surface area (Å²) < 4.78 is 3.60. The molecule has 7 nitrogen and oxygen atoms in total. The second-order valence-corrected chi connectivity index (χ2v) is 14.3. The second-order valence-electron chi connectivity index (χ2n) is 12.6. The smallest absolute Gasteiger partial charge is 0.334 e. The zero-order valence-electron chi connectivity index (χ0n) is 30.0. The molecule has 0 rings (SSSR count). The van der Waals surface area contributed by atoms with Gasteiger partial charge in [0.1, 0.15) is 0 Å². The van der Waals surface area contributed by atoms with Crippen molar-refractivity contribution >= 4 is 17.2 Å². The number of unbranched alkanes of at least 4 members (excludes halogenated alkanes) is 30. The maximum Gasteiger partial charge on any atom is 0.334 e. The minimum atomic E-state index is -2.61. The lowest BCUT2D eigenvalue weighted by Crippen LogP contribution is -1.85. The molecule has 0 aromatic carbocycles. The third kappa shape index (κ3) is 60.4. The molecule has 0 aliphatic carbocycles. The molecule has 0 heterocycles. The molecule has 0 aromatic rings. The minimum Gasteiger partial charge on any atom is -0.396 e. The van der Waals surface area contributed by atoms with E-state index >= 15 is 0 Å². The first-order valence-corrected chi connectivity index (χ1v) is 21.5. The summed E-state index contributed by atoms with van der Waals surface area (Å²) in [6, 6.07) is 0. The Kier molecular flexibility index (Phi) is 54.4. The van der Waals surface area contributed by atoms with Crippen LogP contribution in [0, 0.1) is 0 Å². The van der Waals surface area contributed by atoms with Crippen LogP contribution in [-0.2, 0) is 4.31 Å². The van der Waals surface area contributed by atoms with Gasteiger partial charge < -0.3 is 29.8 Å². The monoisotopic (exact) mass is 687 g/mol. The van der Waals surface area contributed by atoms with Crippen molar-refractivity contribution in [2.24, 2.45) is 0 Å². The fraction of sp³-hybridized carbons (Fsp3) is 1.00. The number of hydrogen-bond acceptors (Lipinski definition) is 7. The molecule has 0 radical (unpaired) electrons. The molecular weight excluding hydrogens is 606 g/mol. The Balaban J connectivity index is -0.000000648. The molecular formula is C36H80O7P2. The van der Waals surface area contributed by atoms with Crippen LogP contribution >= 0.6 is 17.2 Å². The van der Waals surface area contributed by atoms with Crippen LogP contribution in [0.2, 0.25) is 0 Å². The molecule has 0 aliphatic heterocycles. The van der Waals surface area contributed by atoms with Crippen molar-refractivity contribution in [2.75, 3.05) is 13.2 Å². The molecule has 0 atom stereocenters. The van der Waals surface area contributed by atoms with Gasteiger partial charge >= 0.3 is 17.2 Å². The zero-order chi connectivity index (χ0) is 33.9. The molecule has 0 amide bonds. The fourth-order valence-electron chi connectivity index (χ4n) is 5.39. The topological polar surface area (TPSA) is 131 Å². The number of aliphatic hydroxyl groups excluding tert-OH is 2. The molecule has 6 N–H and O–H groups in total. The molecule has 45 heavy (non-hydrogen) atoms. The summed E-state index contributed by atoms with van der Waals surface area (Å²) in [6.07, 6.45) is 44.3. The molecule has 0 saturated carbocycles. The van der Waals surface area contributed by atoms with Crippen molar-refractivity contribution in [3.8, 4) is 0 Å². The highest BCUT2D eigenvalue weighted by Gasteiger charge is 2.05. The lowest BCUT2D eigenvalue weighted by molar-refractivity contribution is 0.282. The maximum atomic E-state index is 8.67. The zero-order valence-corrected chi connectivity index (χ0v) is 31.8. The Bertz CT molecular complexity index is 403. The Morgan fingerprint density at radius 2 is 0.444 bits per heavy atom. The quantitative estimate of drug-likeness (QED) is 0.0293. The summed E-state index contributed by atoms with van der Waals surface area (Å²) in [7, 11) is -5.22. The third-order valence-electron chi connectivity index (χ3n) is 8.17. The van der Waals surface area contributed by atoms with Gasteiger partial charge in [0.05, 0.1) is 0 Å². The molecule has 0 aromatic heterocycles. The molecule has 0 saturated heterocycles. The fourth-order valence-corrected chi connectivity index (χ4v) is 5.91. The van der Waals surface area contributed by atoms with Crippen molar-refractivity contribution in [3.63, 3.8) is 0 Å². The van der Waals surface area contributed by atoms with Crippen molar-refractivity contribution in [1.29, 1.82) is 0 Å². The average Bonchev–Trinajstić information content (AvgIpc) is 3.01. The summed E-state index contributed by atoms with van der Waals surface area (Å²) in [5.41, 5.74) is 0. The van der Waals surface area contributed by atoms with E-state index in [1.54, 1.807) is 0 Å². The lowest BCUT2D eigenvalue weighted by Gasteiger charge is -2.03. The molecule has 0 unspecified atom stereocenters. The Morgan fingerprint density at radius 3 is 0.556 bits per heavy atom. The first kappa shape index (κ1) is 50.0. The number of rotatable bonds is 34. The van der Waals surface area contributed by atoms with Crippen LogP contribution in [-0.4, -0.2) is 43.0 Å². The predicted molar refractivity (Wildman–Crippen MR) is 197 cm³/mol. The van der Waals surface area contributed by atoms with Crippen LogP contribution in [0.15, 0.2) is 0 Å². The van der Waals surface area contributed by atoms with E-state index in [2.05, 4.69) is 18.2 Å². The highest BCUT2D eigenvalue weighted by Crippen LogP contribution is 2.41. The van der Waals surface area contributed by atoms with Gasteiger partial charge in [-0.25, -0.2) is 4.31 Å². The Labute approximate surface area is 283 Å². The number of aliphatic hydroxyl groups is 2. The second kappa shape index (κ2) is 49.0. The summed E-state index contributed by atoms with van der Waals surface area (Å²) in [5.74, 6) is 0. The normalized spacial score (nSPS) is 11.1. The molecule has 0 spiro atoms. The largest absolute Gasteiger partial charge is 0.396 e. The van der Waals surface area contributed by atoms with Gasteiger partial charge in [0.25, 0.3) is 0 Å². The van der Waals surface area contributed by atoms with Crippen molar-refractivity contribution in [1.82, 2.24) is 0 Å². The van der Waals surface area contributed by atoms with Gasteiger partial charge in [0, 0.05) is 13.2 Å². The Hall–Kier alpha value is 0.580. The van der Waals surface area contributed by atoms with Crippen molar-refractivity contribution in [3.05, 3.63) is 0 Å². The average molecular weight is 687 g/mol. The van der Waals surface area contributed by atoms with E-state index in [1.807, 2.05) is 0 Å². The van der Waals surface area contributed by atoms with Crippen LogP contribution in [0.1, 0.15) is 219 Å². The van der Waals surface area contributed by atoms with E-state index in [-0.39, 0.29) is 0 Å². The highest BCUT2D eigenvalue weighted by molar-refractivity contribution is 7.53. The van der Waals surface area contributed by atoms with E-state index in [0.29, 0.717) is 13.2 Å². The van der Waals surface area contributed by atoms with E-state index in [4.69, 9.17) is 29.8 Å². The van der Waals surface area contributed by atoms with Gasteiger partial charge in [0.2, 0.25) is 0 Å². The van der Waals surface area contributed by atoms with E-state index < -0.39 is 17.2 Å². The van der Waals surface area contributed by atoms with Gasteiger partial charge in [-0.3, -0.25) is 0 Å². The van der Waals surface area contributed by atoms with E-state index in [9.17, 15) is 0 Å². The first-order chi connectivity index (χ1) is 22.0. The third-order valence-corrected chi connectivity index (χ3v) is 9.34. The van der Waals surface area contributed by atoms with Crippen molar-refractivity contribution in [2.45, 2.75) is 219 Å². The van der Waals surface area contributed by atoms with Gasteiger partial charge in [0.15, 0.2) is 0 Å².